The lowest BCUT2D eigenvalue weighted by atomic mass is 10.1. The van der Waals surface area contributed by atoms with Crippen LogP contribution in [0.4, 0.5) is 5.69 Å². The van der Waals surface area contributed by atoms with Gasteiger partial charge in [0.05, 0.1) is 24.7 Å². The molecule has 6 nitrogen and oxygen atoms in total. The van der Waals surface area contributed by atoms with Crippen molar-refractivity contribution in [3.8, 4) is 0 Å². The van der Waals surface area contributed by atoms with Crippen molar-refractivity contribution in [2.24, 2.45) is 0 Å². The van der Waals surface area contributed by atoms with Crippen molar-refractivity contribution in [2.45, 2.75) is 11.4 Å². The number of thiophene rings is 1. The van der Waals surface area contributed by atoms with Crippen LogP contribution in [0, 0.1) is 0 Å². The maximum Gasteiger partial charge on any atom is 0.258 e. The summed E-state index contributed by atoms with van der Waals surface area (Å²) in [5.41, 5.74) is 2.12. The number of nitrogens with zero attached hydrogens (tertiary/aromatic N) is 2. The molecule has 156 valence electrons. The number of carbonyl (C=O) groups is 1. The number of ether oxygens (including phenoxy) is 1. The highest BCUT2D eigenvalue weighted by Crippen LogP contribution is 2.23. The molecule has 0 unspecified atom stereocenters. The Morgan fingerprint density at radius 3 is 2.50 bits per heavy atom. The molecule has 4 rings (SSSR count). The number of hydrogen-bond acceptors (Lipinski definition) is 5. The number of benzene rings is 2. The molecular weight excluding hydrogens is 420 g/mol. The minimum atomic E-state index is -3.67. The van der Waals surface area contributed by atoms with Gasteiger partial charge in [-0.3, -0.25) is 4.79 Å². The summed E-state index contributed by atoms with van der Waals surface area (Å²) in [7, 11) is -3.67. The number of carbonyl (C=O) groups excluding carboxylic acids is 1. The van der Waals surface area contributed by atoms with Crippen molar-refractivity contribution in [3.05, 3.63) is 82.6 Å². The summed E-state index contributed by atoms with van der Waals surface area (Å²) in [4.78, 5) is 15.2. The van der Waals surface area contributed by atoms with Gasteiger partial charge in [0.15, 0.2) is 0 Å². The van der Waals surface area contributed by atoms with Crippen molar-refractivity contribution in [1.82, 2.24) is 4.31 Å². The van der Waals surface area contributed by atoms with Crippen molar-refractivity contribution >= 4 is 33.0 Å². The van der Waals surface area contributed by atoms with E-state index in [4.69, 9.17) is 4.74 Å². The van der Waals surface area contributed by atoms with Crippen LogP contribution >= 0.6 is 11.3 Å². The second-order valence-electron chi connectivity index (χ2n) is 6.90. The average molecular weight is 443 g/mol. The monoisotopic (exact) mass is 442 g/mol. The van der Waals surface area contributed by atoms with Crippen LogP contribution in [0.1, 0.15) is 15.9 Å². The first-order valence-corrected chi connectivity index (χ1v) is 12.0. The van der Waals surface area contributed by atoms with E-state index in [9.17, 15) is 13.2 Å². The molecule has 0 atom stereocenters. The fourth-order valence-electron chi connectivity index (χ4n) is 3.33. The quantitative estimate of drug-likeness (QED) is 0.585. The predicted octanol–water partition coefficient (Wildman–Crippen LogP) is 3.62. The Hall–Kier alpha value is -2.52. The van der Waals surface area contributed by atoms with Gasteiger partial charge >= 0.3 is 0 Å². The van der Waals surface area contributed by atoms with Gasteiger partial charge in [-0.1, -0.05) is 24.3 Å². The molecule has 1 saturated heterocycles. The van der Waals surface area contributed by atoms with Crippen LogP contribution in [-0.2, 0) is 21.3 Å². The molecular formula is C22H22N2O4S2. The van der Waals surface area contributed by atoms with E-state index < -0.39 is 10.0 Å². The molecule has 0 aliphatic carbocycles. The van der Waals surface area contributed by atoms with Gasteiger partial charge in [-0.25, -0.2) is 8.42 Å². The van der Waals surface area contributed by atoms with Crippen molar-refractivity contribution in [1.29, 1.82) is 0 Å². The van der Waals surface area contributed by atoms with Gasteiger partial charge in [0.2, 0.25) is 10.0 Å². The van der Waals surface area contributed by atoms with E-state index in [-0.39, 0.29) is 10.8 Å². The molecule has 2 heterocycles. The minimum Gasteiger partial charge on any atom is -0.379 e. The van der Waals surface area contributed by atoms with E-state index >= 15 is 0 Å². The third kappa shape index (κ3) is 4.46. The van der Waals surface area contributed by atoms with Gasteiger partial charge in [-0.2, -0.15) is 15.6 Å². The van der Waals surface area contributed by atoms with Crippen LogP contribution < -0.4 is 4.90 Å². The Labute approximate surface area is 180 Å². The second kappa shape index (κ2) is 9.09. The molecule has 1 aromatic heterocycles. The van der Waals surface area contributed by atoms with Crippen LogP contribution in [0.2, 0.25) is 0 Å². The highest BCUT2D eigenvalue weighted by molar-refractivity contribution is 7.89. The molecule has 1 aliphatic heterocycles. The van der Waals surface area contributed by atoms with Gasteiger partial charge in [0.1, 0.15) is 0 Å². The molecule has 1 aliphatic rings. The summed E-state index contributed by atoms with van der Waals surface area (Å²) in [5.74, 6) is -0.244. The standard InChI is InChI=1S/C22H22N2O4S2/c25-22(24(16-18-9-14-29-17-18)20-6-2-1-3-7-20)19-5-4-8-21(15-19)30(26,27)23-10-12-28-13-11-23/h1-9,14-15,17H,10-13,16H2. The van der Waals surface area contributed by atoms with Gasteiger partial charge in [-0.15, -0.1) is 0 Å². The number of hydrogen-bond donors (Lipinski definition) is 0. The molecule has 3 aromatic rings. The number of morpholine rings is 1. The molecule has 0 bridgehead atoms. The fraction of sp³-hybridized carbons (Fsp3) is 0.227. The van der Waals surface area contributed by atoms with Crippen LogP contribution in [0.5, 0.6) is 0 Å². The molecule has 30 heavy (non-hydrogen) atoms. The maximum absolute atomic E-state index is 13.4. The van der Waals surface area contributed by atoms with Crippen LogP contribution in [0.25, 0.3) is 0 Å². The largest absolute Gasteiger partial charge is 0.379 e. The molecule has 0 N–H and O–H groups in total. The average Bonchev–Trinajstić information content (AvgIpc) is 3.32. The Balaban J connectivity index is 1.66. The molecule has 0 saturated carbocycles. The zero-order chi connectivity index (χ0) is 21.0. The Bertz CT molecular complexity index is 1090. The normalized spacial score (nSPS) is 15.1. The van der Waals surface area contributed by atoms with Crippen molar-refractivity contribution < 1.29 is 17.9 Å². The molecule has 0 spiro atoms. The summed E-state index contributed by atoms with van der Waals surface area (Å²) in [6.45, 7) is 1.79. The summed E-state index contributed by atoms with van der Waals surface area (Å²) in [6, 6.07) is 17.7. The zero-order valence-corrected chi connectivity index (χ0v) is 17.9. The SMILES string of the molecule is O=C(c1cccc(S(=O)(=O)N2CCOCC2)c1)N(Cc1ccsc1)c1ccccc1. The first-order chi connectivity index (χ1) is 14.6. The van der Waals surface area contributed by atoms with E-state index in [1.54, 1.807) is 28.4 Å². The topological polar surface area (TPSA) is 66.9 Å². The van der Waals surface area contributed by atoms with E-state index in [1.807, 2.05) is 47.2 Å². The first kappa shape index (κ1) is 20.7. The van der Waals surface area contributed by atoms with E-state index in [2.05, 4.69) is 0 Å². The van der Waals surface area contributed by atoms with Crippen molar-refractivity contribution in [2.75, 3.05) is 31.2 Å². The molecule has 1 amide bonds. The molecule has 1 fully saturated rings. The van der Waals surface area contributed by atoms with E-state index in [0.717, 1.165) is 11.3 Å². The highest BCUT2D eigenvalue weighted by atomic mass is 32.2. The van der Waals surface area contributed by atoms with Crippen molar-refractivity contribution in [3.63, 3.8) is 0 Å². The highest BCUT2D eigenvalue weighted by Gasteiger charge is 2.27. The second-order valence-corrected chi connectivity index (χ2v) is 9.62. The predicted molar refractivity (Wildman–Crippen MR) is 117 cm³/mol. The molecule has 2 aromatic carbocycles. The lowest BCUT2D eigenvalue weighted by Crippen LogP contribution is -2.40. The van der Waals surface area contributed by atoms with Crippen LogP contribution in [-0.4, -0.2) is 44.9 Å². The van der Waals surface area contributed by atoms with E-state index in [1.165, 1.54) is 16.4 Å². The van der Waals surface area contributed by atoms with Gasteiger partial charge in [0.25, 0.3) is 5.91 Å². The van der Waals surface area contributed by atoms with Gasteiger partial charge < -0.3 is 9.64 Å². The molecule has 8 heteroatoms. The number of rotatable bonds is 6. The van der Waals surface area contributed by atoms with Gasteiger partial charge in [0, 0.05) is 24.3 Å². The Kier molecular flexibility index (Phi) is 6.29. The number of para-hydroxylation sites is 1. The fourth-order valence-corrected chi connectivity index (χ4v) is 5.45. The summed E-state index contributed by atoms with van der Waals surface area (Å²) < 4.78 is 32.7. The van der Waals surface area contributed by atoms with Crippen LogP contribution in [0.3, 0.4) is 0 Å². The smallest absolute Gasteiger partial charge is 0.258 e. The maximum atomic E-state index is 13.4. The van der Waals surface area contributed by atoms with E-state index in [0.29, 0.717) is 38.4 Å². The summed E-state index contributed by atoms with van der Waals surface area (Å²) >= 11 is 1.57. The molecule has 0 radical (unpaired) electrons. The zero-order valence-electron chi connectivity index (χ0n) is 16.3. The Morgan fingerprint density at radius 1 is 1.03 bits per heavy atom. The first-order valence-electron chi connectivity index (χ1n) is 9.62. The number of amides is 1. The number of sulfonamides is 1. The lowest BCUT2D eigenvalue weighted by molar-refractivity contribution is 0.0730. The number of anilines is 1. The minimum absolute atomic E-state index is 0.124. The third-order valence-electron chi connectivity index (χ3n) is 4.92. The summed E-state index contributed by atoms with van der Waals surface area (Å²) in [5, 5.41) is 3.97. The Morgan fingerprint density at radius 2 is 1.80 bits per heavy atom. The van der Waals surface area contributed by atoms with Crippen LogP contribution in [0.15, 0.2) is 76.3 Å². The third-order valence-corrected chi connectivity index (χ3v) is 7.55. The summed E-state index contributed by atoms with van der Waals surface area (Å²) in [6.07, 6.45) is 0. The lowest BCUT2D eigenvalue weighted by Gasteiger charge is -2.26. The van der Waals surface area contributed by atoms with Gasteiger partial charge in [-0.05, 0) is 52.7 Å².